The fourth-order valence-corrected chi connectivity index (χ4v) is 7.74. The molecule has 268 valence electrons. The van der Waals surface area contributed by atoms with Gasteiger partial charge >= 0.3 is 0 Å². The lowest BCUT2D eigenvalue weighted by molar-refractivity contribution is 0.0626. The van der Waals surface area contributed by atoms with E-state index in [0.717, 1.165) is 48.9 Å². The molecule has 0 aromatic heterocycles. The number of carbonyl (C=O) groups excluding carboxylic acids is 1. The van der Waals surface area contributed by atoms with Crippen LogP contribution in [0.2, 0.25) is 5.02 Å². The van der Waals surface area contributed by atoms with Crippen LogP contribution >= 0.6 is 23.8 Å². The van der Waals surface area contributed by atoms with E-state index < -0.39 is 6.10 Å². The minimum atomic E-state index is -0.648. The number of nitrogens with zero attached hydrogens (tertiary/aromatic N) is 1. The van der Waals surface area contributed by atoms with Crippen molar-refractivity contribution in [2.45, 2.75) is 121 Å². The quantitative estimate of drug-likeness (QED) is 0.0808. The minimum absolute atomic E-state index is 0.105. The monoisotopic (exact) mass is 708 g/mol. The van der Waals surface area contributed by atoms with Gasteiger partial charge in [0.2, 0.25) is 0 Å². The summed E-state index contributed by atoms with van der Waals surface area (Å²) >= 11 is 12.2. The Morgan fingerprint density at radius 3 is 2.43 bits per heavy atom. The molecule has 49 heavy (non-hydrogen) atoms. The van der Waals surface area contributed by atoms with Gasteiger partial charge in [-0.1, -0.05) is 99.6 Å². The number of carbonyl (C=O) groups is 1. The van der Waals surface area contributed by atoms with Crippen molar-refractivity contribution in [1.82, 2.24) is 10.2 Å². The minimum Gasteiger partial charge on any atom is -0.507 e. The molecule has 2 aliphatic rings. The third kappa shape index (κ3) is 11.9. The topological polar surface area (TPSA) is 82.0 Å². The summed E-state index contributed by atoms with van der Waals surface area (Å²) in [6.07, 6.45) is 24.3. The summed E-state index contributed by atoms with van der Waals surface area (Å²) in [4.78, 5) is 15.6. The van der Waals surface area contributed by atoms with Crippen molar-refractivity contribution in [3.05, 3.63) is 81.9 Å². The van der Waals surface area contributed by atoms with Crippen LogP contribution in [0.25, 0.3) is 0 Å². The molecule has 0 bridgehead atoms. The number of Topliss-reactive ketones (excluding diaryl/α,β-unsaturated/α-hetero) is 1. The molecule has 3 atom stereocenters. The number of unbranched alkanes of at least 4 members (excludes halogenated alkanes) is 9. The maximum Gasteiger partial charge on any atom is 0.262 e. The van der Waals surface area contributed by atoms with Crippen LogP contribution in [0.4, 0.5) is 0 Å². The first-order chi connectivity index (χ1) is 23.8. The lowest BCUT2D eigenvalue weighted by Crippen LogP contribution is -2.41. The molecule has 1 saturated heterocycles. The van der Waals surface area contributed by atoms with Crippen molar-refractivity contribution >= 4 is 34.8 Å². The standard InChI is InChI=1S/C41H57ClN2O4S/c1-3-4-5-6-7-8-9-10-11-12-13-14-15-16-17-20-24-43-41(49)48-38-28-36(46)40-33(39(38)32-23-25-44(2)29-37(32)47)26-30(27-35(40)45)31-21-18-19-22-34(31)42/h7-8,10-11,18-19,21-22,28,30,32,37,46-47H,3-6,9,12-17,20,23-27,29H2,1-2H3,(H,43,49)/b8-7-,11-10-/t30?,32?,37-/m0/s1. The maximum atomic E-state index is 13.5. The first kappa shape index (κ1) is 39.1. The number of likely N-dealkylation sites (N-methyl/N-ethyl adjacent to an activating group) is 1. The third-order valence-corrected chi connectivity index (χ3v) is 10.5. The third-order valence-electron chi connectivity index (χ3n) is 9.93. The number of phenols is 1. The number of β-amino-alcohol motifs (C(OH)–C–C–N with tert-alkyl or cyclic N) is 1. The number of ketones is 1. The highest BCUT2D eigenvalue weighted by molar-refractivity contribution is 7.80. The maximum absolute atomic E-state index is 13.5. The summed E-state index contributed by atoms with van der Waals surface area (Å²) < 4.78 is 6.24. The second-order valence-corrected chi connectivity index (χ2v) is 14.6. The smallest absolute Gasteiger partial charge is 0.262 e. The van der Waals surface area contributed by atoms with E-state index in [1.165, 1.54) is 57.4 Å². The lowest BCUT2D eigenvalue weighted by atomic mass is 9.73. The molecule has 2 aromatic carbocycles. The van der Waals surface area contributed by atoms with E-state index in [9.17, 15) is 15.0 Å². The van der Waals surface area contributed by atoms with Gasteiger partial charge in [0, 0.05) is 42.1 Å². The van der Waals surface area contributed by atoms with E-state index in [0.29, 0.717) is 42.3 Å². The summed E-state index contributed by atoms with van der Waals surface area (Å²) in [5.74, 6) is -0.219. The molecule has 2 unspecified atom stereocenters. The number of hydrogen-bond acceptors (Lipinski definition) is 6. The molecule has 1 aliphatic heterocycles. The fraction of sp³-hybridized carbons (Fsp3) is 0.561. The van der Waals surface area contributed by atoms with Crippen LogP contribution in [-0.4, -0.2) is 58.9 Å². The molecule has 4 rings (SSSR count). The molecule has 0 amide bonds. The van der Waals surface area contributed by atoms with Crippen LogP contribution in [0.15, 0.2) is 54.6 Å². The van der Waals surface area contributed by atoms with Crippen LogP contribution < -0.4 is 10.1 Å². The van der Waals surface area contributed by atoms with E-state index >= 15 is 0 Å². The van der Waals surface area contributed by atoms with Gasteiger partial charge in [-0.2, -0.15) is 0 Å². The van der Waals surface area contributed by atoms with E-state index in [1.807, 2.05) is 31.3 Å². The number of phenolic OH excluding ortho intramolecular Hbond substituents is 1. The zero-order valence-electron chi connectivity index (χ0n) is 29.6. The highest BCUT2D eigenvalue weighted by Gasteiger charge is 2.38. The van der Waals surface area contributed by atoms with Crippen LogP contribution in [-0.2, 0) is 6.42 Å². The number of aromatic hydroxyl groups is 1. The van der Waals surface area contributed by atoms with Gasteiger partial charge in [0.15, 0.2) is 5.78 Å². The Kier molecular flexibility index (Phi) is 16.6. The number of piperidine rings is 1. The Morgan fingerprint density at radius 1 is 1.02 bits per heavy atom. The molecular weight excluding hydrogens is 652 g/mol. The van der Waals surface area contributed by atoms with Crippen LogP contribution in [0.5, 0.6) is 11.5 Å². The molecule has 3 N–H and O–H groups in total. The van der Waals surface area contributed by atoms with Gasteiger partial charge in [-0.3, -0.25) is 4.79 Å². The summed E-state index contributed by atoms with van der Waals surface area (Å²) in [5, 5.41) is 26.5. The molecule has 0 radical (unpaired) electrons. The largest absolute Gasteiger partial charge is 0.507 e. The molecule has 1 heterocycles. The number of halogens is 1. The van der Waals surface area contributed by atoms with Gasteiger partial charge in [0.05, 0.1) is 11.7 Å². The van der Waals surface area contributed by atoms with Crippen molar-refractivity contribution in [2.24, 2.45) is 0 Å². The number of allylic oxidation sites excluding steroid dienone is 4. The Morgan fingerprint density at radius 2 is 1.71 bits per heavy atom. The Balaban J connectivity index is 1.29. The number of likely N-dealkylation sites (tertiary alicyclic amines) is 1. The Bertz CT molecular complexity index is 1430. The number of aliphatic hydroxyl groups is 1. The Labute approximate surface area is 305 Å². The molecule has 1 aliphatic carbocycles. The van der Waals surface area contributed by atoms with Crippen molar-refractivity contribution in [3.63, 3.8) is 0 Å². The summed E-state index contributed by atoms with van der Waals surface area (Å²) in [6, 6.07) is 9.13. The van der Waals surface area contributed by atoms with Gasteiger partial charge in [-0.05, 0) is 100 Å². The fourth-order valence-electron chi connectivity index (χ4n) is 7.26. The average Bonchev–Trinajstić information content (AvgIpc) is 3.07. The van der Waals surface area contributed by atoms with E-state index in [2.05, 4.69) is 41.4 Å². The number of fused-ring (bicyclic) bond motifs is 1. The number of hydrogen-bond donors (Lipinski definition) is 3. The second kappa shape index (κ2) is 20.8. The molecule has 6 nitrogen and oxygen atoms in total. The van der Waals surface area contributed by atoms with Gasteiger partial charge in [0.1, 0.15) is 11.5 Å². The van der Waals surface area contributed by atoms with E-state index in [-0.39, 0.29) is 35.0 Å². The SMILES string of the molecule is CCCCC/C=C\C/C=C\CCCCCCCCNC(=S)Oc1cc(O)c2c(c1C1CCN(C)C[C@@H]1O)CC(c1ccccc1Cl)CC2=O. The van der Waals surface area contributed by atoms with Gasteiger partial charge in [-0.15, -0.1) is 0 Å². The summed E-state index contributed by atoms with van der Waals surface area (Å²) in [7, 11) is 1.99. The number of benzene rings is 2. The van der Waals surface area contributed by atoms with Gasteiger partial charge in [-0.25, -0.2) is 0 Å². The molecule has 0 saturated carbocycles. The highest BCUT2D eigenvalue weighted by atomic mass is 35.5. The molecular formula is C41H57ClN2O4S. The van der Waals surface area contributed by atoms with Gasteiger partial charge < -0.3 is 25.2 Å². The van der Waals surface area contributed by atoms with Crippen LogP contribution in [0, 0.1) is 0 Å². The van der Waals surface area contributed by atoms with Crippen molar-refractivity contribution < 1.29 is 19.7 Å². The predicted molar refractivity (Wildman–Crippen MR) is 206 cm³/mol. The van der Waals surface area contributed by atoms with E-state index in [4.69, 9.17) is 28.6 Å². The number of aliphatic hydroxyl groups excluding tert-OH is 1. The number of nitrogens with one attached hydrogen (secondary N) is 1. The molecule has 0 spiro atoms. The van der Waals surface area contributed by atoms with Crippen molar-refractivity contribution in [2.75, 3.05) is 26.7 Å². The molecule has 1 fully saturated rings. The van der Waals surface area contributed by atoms with Crippen molar-refractivity contribution in [3.8, 4) is 11.5 Å². The number of ether oxygens (including phenoxy) is 1. The van der Waals surface area contributed by atoms with Crippen LogP contribution in [0.3, 0.4) is 0 Å². The zero-order chi connectivity index (χ0) is 35.0. The second-order valence-electron chi connectivity index (χ2n) is 13.8. The van der Waals surface area contributed by atoms with Crippen molar-refractivity contribution in [1.29, 1.82) is 0 Å². The molecule has 2 aromatic rings. The molecule has 8 heteroatoms. The Hall–Kier alpha value is -2.71. The highest BCUT2D eigenvalue weighted by Crippen LogP contribution is 2.47. The first-order valence-corrected chi connectivity index (χ1v) is 19.4. The summed E-state index contributed by atoms with van der Waals surface area (Å²) in [5.41, 5.74) is 2.75. The number of thiocarbonyl (C=S) groups is 1. The lowest BCUT2D eigenvalue weighted by Gasteiger charge is -2.37. The van der Waals surface area contributed by atoms with Crippen LogP contribution in [0.1, 0.15) is 136 Å². The van der Waals surface area contributed by atoms with Gasteiger partial charge in [0.25, 0.3) is 5.17 Å². The normalized spacial score (nSPS) is 19.8. The predicted octanol–water partition coefficient (Wildman–Crippen LogP) is 9.81. The average molecular weight is 709 g/mol. The number of rotatable bonds is 18. The zero-order valence-corrected chi connectivity index (χ0v) is 31.2. The first-order valence-electron chi connectivity index (χ1n) is 18.6. The summed E-state index contributed by atoms with van der Waals surface area (Å²) in [6.45, 7) is 4.25. The van der Waals surface area contributed by atoms with E-state index in [1.54, 1.807) is 0 Å².